The number of methoxy groups -OCH3 is 1. The van der Waals surface area contributed by atoms with Gasteiger partial charge >= 0.3 is 5.97 Å². The fraction of sp³-hybridized carbons (Fsp3) is 0.462. The summed E-state index contributed by atoms with van der Waals surface area (Å²) in [5.74, 6) is -0.417. The quantitative estimate of drug-likeness (QED) is 0.828. The lowest BCUT2D eigenvalue weighted by atomic mass is 10.3. The molecule has 1 fully saturated rings. The van der Waals surface area contributed by atoms with Gasteiger partial charge in [0.05, 0.1) is 18.6 Å². The van der Waals surface area contributed by atoms with Crippen molar-refractivity contribution in [1.29, 1.82) is 0 Å². The topological polar surface area (TPSA) is 87.2 Å². The Balaban J connectivity index is 2.09. The number of piperazine rings is 1. The highest BCUT2D eigenvalue weighted by Gasteiger charge is 2.29. The number of ether oxygens (including phenoxy) is 1. The molecule has 116 valence electrons. The number of sulfonamides is 1. The maximum atomic E-state index is 12.5. The van der Waals surface area contributed by atoms with E-state index in [1.807, 2.05) is 0 Å². The predicted octanol–water partition coefficient (Wildman–Crippen LogP) is 0.0861. The highest BCUT2D eigenvalue weighted by Crippen LogP contribution is 2.21. The van der Waals surface area contributed by atoms with Gasteiger partial charge in [0, 0.05) is 32.2 Å². The van der Waals surface area contributed by atoms with Gasteiger partial charge in [-0.3, -0.25) is 9.69 Å². The fourth-order valence-corrected chi connectivity index (χ4v) is 3.69. The van der Waals surface area contributed by atoms with Gasteiger partial charge in [0.15, 0.2) is 0 Å². The molecule has 0 radical (unpaired) electrons. The molecule has 0 bridgehead atoms. The zero-order valence-electron chi connectivity index (χ0n) is 11.7. The van der Waals surface area contributed by atoms with Gasteiger partial charge in [-0.1, -0.05) is 6.07 Å². The standard InChI is InChI=1S/C13H18N2O5S/c1-20-11-3-2-4-12(9-11)21(18,19)15-7-5-14(6-8-15)10-13(16)17/h2-4,9H,5-8,10H2,1H3,(H,16,17). The van der Waals surface area contributed by atoms with Crippen LogP contribution < -0.4 is 4.74 Å². The fourth-order valence-electron chi connectivity index (χ4n) is 2.23. The van der Waals surface area contributed by atoms with Crippen LogP contribution in [0.15, 0.2) is 29.2 Å². The lowest BCUT2D eigenvalue weighted by Crippen LogP contribution is -2.49. The van der Waals surface area contributed by atoms with Crippen molar-refractivity contribution in [2.24, 2.45) is 0 Å². The lowest BCUT2D eigenvalue weighted by molar-refractivity contribution is -0.138. The summed E-state index contributed by atoms with van der Waals surface area (Å²) in [6.07, 6.45) is 0. The molecular formula is C13H18N2O5S. The Bertz CT molecular complexity index is 609. The van der Waals surface area contributed by atoms with Crippen molar-refractivity contribution in [3.8, 4) is 5.75 Å². The second kappa shape index (κ2) is 6.42. The molecule has 0 aliphatic carbocycles. The molecule has 8 heteroatoms. The molecule has 0 atom stereocenters. The molecule has 0 amide bonds. The zero-order valence-corrected chi connectivity index (χ0v) is 12.5. The molecule has 7 nitrogen and oxygen atoms in total. The van der Waals surface area contributed by atoms with Crippen LogP contribution in [0.25, 0.3) is 0 Å². The van der Waals surface area contributed by atoms with E-state index in [0.717, 1.165) is 0 Å². The van der Waals surface area contributed by atoms with Crippen LogP contribution >= 0.6 is 0 Å². The zero-order chi connectivity index (χ0) is 15.5. The van der Waals surface area contributed by atoms with Gasteiger partial charge in [-0.15, -0.1) is 0 Å². The molecule has 0 saturated carbocycles. The van der Waals surface area contributed by atoms with Crippen LogP contribution in [0.5, 0.6) is 5.75 Å². The van der Waals surface area contributed by atoms with Crippen molar-refractivity contribution in [2.45, 2.75) is 4.90 Å². The van der Waals surface area contributed by atoms with Crippen LogP contribution in [0.1, 0.15) is 0 Å². The molecule has 1 aliphatic heterocycles. The first kappa shape index (κ1) is 15.7. The Morgan fingerprint density at radius 2 is 1.95 bits per heavy atom. The average molecular weight is 314 g/mol. The third-order valence-electron chi connectivity index (χ3n) is 3.37. The smallest absolute Gasteiger partial charge is 0.317 e. The maximum Gasteiger partial charge on any atom is 0.317 e. The number of hydrogen-bond donors (Lipinski definition) is 1. The Labute approximate surface area is 123 Å². The first-order valence-corrected chi connectivity index (χ1v) is 7.96. The van der Waals surface area contributed by atoms with E-state index in [9.17, 15) is 13.2 Å². The van der Waals surface area contributed by atoms with Gasteiger partial charge in [0.25, 0.3) is 0 Å². The summed E-state index contributed by atoms with van der Waals surface area (Å²) in [5, 5.41) is 8.74. The Kier molecular flexibility index (Phi) is 4.81. The van der Waals surface area contributed by atoms with Crippen LogP contribution in [0.4, 0.5) is 0 Å². The van der Waals surface area contributed by atoms with Crippen LogP contribution in [0.3, 0.4) is 0 Å². The van der Waals surface area contributed by atoms with E-state index in [0.29, 0.717) is 18.8 Å². The van der Waals surface area contributed by atoms with Crippen molar-refractivity contribution in [2.75, 3.05) is 39.8 Å². The van der Waals surface area contributed by atoms with E-state index < -0.39 is 16.0 Å². The van der Waals surface area contributed by atoms with Gasteiger partial charge in [0.1, 0.15) is 5.75 Å². The van der Waals surface area contributed by atoms with E-state index in [1.54, 1.807) is 17.0 Å². The number of carboxylic acid groups (broad SMARTS) is 1. The van der Waals surface area contributed by atoms with Gasteiger partial charge in [-0.25, -0.2) is 8.42 Å². The average Bonchev–Trinajstić information content (AvgIpc) is 2.47. The minimum atomic E-state index is -3.57. The molecule has 1 aromatic carbocycles. The molecule has 1 N–H and O–H groups in total. The van der Waals surface area contributed by atoms with Crippen molar-refractivity contribution in [1.82, 2.24) is 9.21 Å². The number of carboxylic acids is 1. The normalized spacial score (nSPS) is 17.6. The molecule has 1 saturated heterocycles. The number of aliphatic carboxylic acids is 1. The van der Waals surface area contributed by atoms with Crippen LogP contribution in [0.2, 0.25) is 0 Å². The molecule has 0 spiro atoms. The summed E-state index contributed by atoms with van der Waals surface area (Å²) < 4.78 is 31.5. The Hall–Kier alpha value is -1.64. The van der Waals surface area contributed by atoms with E-state index in [-0.39, 0.29) is 24.5 Å². The predicted molar refractivity (Wildman–Crippen MR) is 75.8 cm³/mol. The third kappa shape index (κ3) is 3.72. The van der Waals surface area contributed by atoms with Crippen molar-refractivity contribution < 1.29 is 23.1 Å². The molecule has 1 aromatic rings. The lowest BCUT2D eigenvalue weighted by Gasteiger charge is -2.33. The van der Waals surface area contributed by atoms with Gasteiger partial charge in [0.2, 0.25) is 10.0 Å². The number of nitrogens with zero attached hydrogens (tertiary/aromatic N) is 2. The molecular weight excluding hydrogens is 296 g/mol. The molecule has 2 rings (SSSR count). The largest absolute Gasteiger partial charge is 0.497 e. The molecule has 0 unspecified atom stereocenters. The van der Waals surface area contributed by atoms with Crippen molar-refractivity contribution >= 4 is 16.0 Å². The van der Waals surface area contributed by atoms with Crippen LogP contribution in [-0.4, -0.2) is 68.5 Å². The summed E-state index contributed by atoms with van der Waals surface area (Å²) in [6.45, 7) is 1.33. The second-order valence-electron chi connectivity index (χ2n) is 4.75. The Morgan fingerprint density at radius 1 is 1.29 bits per heavy atom. The van der Waals surface area contributed by atoms with E-state index in [2.05, 4.69) is 0 Å². The second-order valence-corrected chi connectivity index (χ2v) is 6.69. The van der Waals surface area contributed by atoms with Crippen molar-refractivity contribution in [3.63, 3.8) is 0 Å². The van der Waals surface area contributed by atoms with Gasteiger partial charge in [-0.05, 0) is 12.1 Å². The van der Waals surface area contributed by atoms with Crippen molar-refractivity contribution in [3.05, 3.63) is 24.3 Å². The summed E-state index contributed by atoms with van der Waals surface area (Å²) >= 11 is 0. The molecule has 1 aliphatic rings. The monoisotopic (exact) mass is 314 g/mol. The number of rotatable bonds is 5. The summed E-state index contributed by atoms with van der Waals surface area (Å²) in [4.78, 5) is 12.6. The van der Waals surface area contributed by atoms with Gasteiger partial charge < -0.3 is 9.84 Å². The first-order chi connectivity index (χ1) is 9.93. The van der Waals surface area contributed by atoms with Gasteiger partial charge in [-0.2, -0.15) is 4.31 Å². The van der Waals surface area contributed by atoms with E-state index in [4.69, 9.17) is 9.84 Å². The first-order valence-electron chi connectivity index (χ1n) is 6.52. The SMILES string of the molecule is COc1cccc(S(=O)(=O)N2CCN(CC(=O)O)CC2)c1. The van der Waals surface area contributed by atoms with Crippen LogP contribution in [0, 0.1) is 0 Å². The summed E-state index contributed by atoms with van der Waals surface area (Å²) in [5.41, 5.74) is 0. The number of benzene rings is 1. The molecule has 1 heterocycles. The minimum absolute atomic E-state index is 0.0625. The van der Waals surface area contributed by atoms with Crippen LogP contribution in [-0.2, 0) is 14.8 Å². The maximum absolute atomic E-state index is 12.5. The van der Waals surface area contributed by atoms with E-state index in [1.165, 1.54) is 23.5 Å². The summed E-state index contributed by atoms with van der Waals surface area (Å²) in [7, 11) is -2.08. The highest BCUT2D eigenvalue weighted by atomic mass is 32.2. The molecule has 21 heavy (non-hydrogen) atoms. The van der Waals surface area contributed by atoms with E-state index >= 15 is 0 Å². The number of hydrogen-bond acceptors (Lipinski definition) is 5. The number of carbonyl (C=O) groups is 1. The third-order valence-corrected chi connectivity index (χ3v) is 5.26. The summed E-state index contributed by atoms with van der Waals surface area (Å²) in [6, 6.07) is 6.33. The Morgan fingerprint density at radius 3 is 2.52 bits per heavy atom. The minimum Gasteiger partial charge on any atom is -0.497 e. The highest BCUT2D eigenvalue weighted by molar-refractivity contribution is 7.89. The molecule has 0 aromatic heterocycles.